The van der Waals surface area contributed by atoms with E-state index in [4.69, 9.17) is 9.47 Å². The summed E-state index contributed by atoms with van der Waals surface area (Å²) >= 11 is 0. The van der Waals surface area contributed by atoms with Crippen LogP contribution in [0.4, 0.5) is 0 Å². The largest absolute Gasteiger partial charge is 0.394 e. The fourth-order valence-corrected chi connectivity index (χ4v) is 7.61. The lowest BCUT2D eigenvalue weighted by Crippen LogP contribution is -2.60. The highest BCUT2D eigenvalue weighted by Crippen LogP contribution is 2.22. The second kappa shape index (κ2) is 52.0. The predicted octanol–water partition coefficient (Wildman–Crippen LogP) is 14.2. The van der Waals surface area contributed by atoms with Crippen molar-refractivity contribution >= 4 is 5.91 Å². The van der Waals surface area contributed by atoms with Crippen molar-refractivity contribution in [1.82, 2.24) is 5.32 Å². The van der Waals surface area contributed by atoms with Gasteiger partial charge in [-0.05, 0) is 122 Å². The highest BCUT2D eigenvalue weighted by atomic mass is 16.7. The topological polar surface area (TPSA) is 149 Å². The van der Waals surface area contributed by atoms with Gasteiger partial charge in [0.25, 0.3) is 0 Å². The number of aliphatic hydroxyl groups is 5. The Morgan fingerprint density at radius 1 is 0.459 bits per heavy atom. The predicted molar refractivity (Wildman–Crippen MR) is 312 cm³/mol. The van der Waals surface area contributed by atoms with Crippen LogP contribution in [0.3, 0.4) is 0 Å². The van der Waals surface area contributed by atoms with Crippen molar-refractivity contribution in [3.05, 3.63) is 170 Å². The Kier molecular flexibility index (Phi) is 47.5. The number of allylic oxidation sites excluding steroid dienone is 27. The van der Waals surface area contributed by atoms with Crippen LogP contribution in [0.25, 0.3) is 0 Å². The molecule has 0 spiro atoms. The summed E-state index contributed by atoms with van der Waals surface area (Å²) in [7, 11) is 0. The van der Waals surface area contributed by atoms with Gasteiger partial charge in [-0.25, -0.2) is 0 Å². The second-order valence-electron chi connectivity index (χ2n) is 18.6. The van der Waals surface area contributed by atoms with Crippen molar-refractivity contribution in [2.45, 2.75) is 217 Å². The molecule has 0 aliphatic carbocycles. The minimum absolute atomic E-state index is 0.214. The molecule has 7 unspecified atom stereocenters. The molecule has 1 aliphatic rings. The van der Waals surface area contributed by atoms with E-state index in [9.17, 15) is 30.3 Å². The summed E-state index contributed by atoms with van der Waals surface area (Å²) in [6, 6.07) is -0.845. The van der Waals surface area contributed by atoms with Crippen molar-refractivity contribution < 1.29 is 39.8 Å². The zero-order valence-electron chi connectivity index (χ0n) is 45.8. The molecule has 1 aliphatic heterocycles. The average molecular weight is 1020 g/mol. The number of rotatable bonds is 45. The van der Waals surface area contributed by atoms with Crippen LogP contribution in [-0.2, 0) is 14.3 Å². The monoisotopic (exact) mass is 1020 g/mol. The number of ether oxygens (including phenoxy) is 2. The Morgan fingerprint density at radius 3 is 1.24 bits per heavy atom. The standard InChI is InChI=1S/C65H101NO8/c1-3-5-7-9-11-13-15-16-17-18-19-20-21-22-23-24-25-26-27-28-29-30-31-32-33-34-35-36-37-38-39-40-41-42-43-44-45-47-49-51-53-55-61(69)66-58(57-73-65-64(72)63(71)62(70)60(56-67)74-65)59(68)54-52-50-48-46-14-12-10-8-6-4-2/h5-8,11,13-14,16-17,19-20,22-23,25-26,28-29,31-32,34-35,37-38,40-41,46,52,54,58-60,62-65,67-68,70-72H,3-4,9-10,12,15,18,21,24,27,30,33,36,39,42-45,47-51,53,55-57H2,1-2H3,(H,66,69)/b7-5-,8-6+,13-11-,17-16-,20-19-,23-22-,26-25-,29-28-,32-31-,35-34-,38-37-,41-40-,46-14+,54-52+. The Hall–Kier alpha value is -4.45. The number of nitrogens with one attached hydrogen (secondary N) is 1. The minimum atomic E-state index is -1.59. The Labute approximate surface area is 449 Å². The van der Waals surface area contributed by atoms with E-state index in [1.165, 1.54) is 19.3 Å². The van der Waals surface area contributed by atoms with Crippen molar-refractivity contribution in [2.24, 2.45) is 0 Å². The molecular formula is C65H101NO8. The van der Waals surface area contributed by atoms with Gasteiger partial charge in [0.15, 0.2) is 6.29 Å². The van der Waals surface area contributed by atoms with E-state index in [1.54, 1.807) is 6.08 Å². The van der Waals surface area contributed by atoms with Crippen LogP contribution in [0, 0.1) is 0 Å². The van der Waals surface area contributed by atoms with Crippen LogP contribution in [0.1, 0.15) is 174 Å². The molecule has 0 aromatic carbocycles. The fourth-order valence-electron chi connectivity index (χ4n) is 7.61. The molecule has 0 saturated carbocycles. The number of carbonyl (C=O) groups is 1. The quantitative estimate of drug-likeness (QED) is 0.0261. The molecule has 1 rings (SSSR count). The van der Waals surface area contributed by atoms with E-state index in [0.29, 0.717) is 12.8 Å². The van der Waals surface area contributed by atoms with Gasteiger partial charge in [-0.3, -0.25) is 4.79 Å². The summed E-state index contributed by atoms with van der Waals surface area (Å²) < 4.78 is 11.2. The zero-order chi connectivity index (χ0) is 53.6. The molecule has 0 radical (unpaired) electrons. The van der Waals surface area contributed by atoms with Gasteiger partial charge in [-0.2, -0.15) is 0 Å². The summed E-state index contributed by atoms with van der Waals surface area (Å²) in [4.78, 5) is 13.0. The summed E-state index contributed by atoms with van der Waals surface area (Å²) in [6.07, 6.45) is 77.3. The molecule has 7 atom stereocenters. The molecule has 1 heterocycles. The van der Waals surface area contributed by atoms with Crippen molar-refractivity contribution in [2.75, 3.05) is 13.2 Å². The third-order valence-electron chi connectivity index (χ3n) is 12.0. The van der Waals surface area contributed by atoms with E-state index in [0.717, 1.165) is 128 Å². The highest BCUT2D eigenvalue weighted by Gasteiger charge is 2.44. The zero-order valence-corrected chi connectivity index (χ0v) is 45.8. The first-order valence-electron chi connectivity index (χ1n) is 28.4. The maximum Gasteiger partial charge on any atom is 0.220 e. The van der Waals surface area contributed by atoms with Gasteiger partial charge in [0.05, 0.1) is 25.4 Å². The van der Waals surface area contributed by atoms with Crippen LogP contribution in [0.15, 0.2) is 170 Å². The van der Waals surface area contributed by atoms with E-state index in [1.807, 2.05) is 6.08 Å². The van der Waals surface area contributed by atoms with Crippen LogP contribution in [0.2, 0.25) is 0 Å². The first-order valence-corrected chi connectivity index (χ1v) is 28.4. The van der Waals surface area contributed by atoms with Gasteiger partial charge in [0, 0.05) is 6.42 Å². The molecule has 1 saturated heterocycles. The molecule has 0 aromatic heterocycles. The maximum absolute atomic E-state index is 13.0. The van der Waals surface area contributed by atoms with E-state index < -0.39 is 49.5 Å². The summed E-state index contributed by atoms with van der Waals surface area (Å²) in [5, 5.41) is 54.2. The van der Waals surface area contributed by atoms with Gasteiger partial charge in [0.1, 0.15) is 24.4 Å². The number of carbonyl (C=O) groups excluding carboxylic acids is 1. The third-order valence-corrected chi connectivity index (χ3v) is 12.0. The van der Waals surface area contributed by atoms with Crippen molar-refractivity contribution in [3.63, 3.8) is 0 Å². The SMILES string of the molecule is CC/C=C\C/C=C\C/C=C\C/C=C\C/C=C\C/C=C\C/C=C\C/C=C\C/C=C\C/C=C\C/C=C\CCCCCCCCCC(=O)NC(COC1OC(CO)C(O)C(O)C1O)C(O)/C=C/CC/C=C/CC/C=C/CC. The lowest BCUT2D eigenvalue weighted by Gasteiger charge is -2.40. The van der Waals surface area contributed by atoms with Gasteiger partial charge in [-0.1, -0.05) is 216 Å². The molecule has 1 amide bonds. The first kappa shape index (κ1) is 67.6. The fraction of sp³-hybridized carbons (Fsp3) is 0.554. The number of amides is 1. The average Bonchev–Trinajstić information content (AvgIpc) is 3.40. The Balaban J connectivity index is 2.15. The smallest absolute Gasteiger partial charge is 0.220 e. The Bertz CT molecular complexity index is 1760. The van der Waals surface area contributed by atoms with Gasteiger partial charge in [0.2, 0.25) is 5.91 Å². The van der Waals surface area contributed by atoms with E-state index >= 15 is 0 Å². The highest BCUT2D eigenvalue weighted by molar-refractivity contribution is 5.76. The molecule has 74 heavy (non-hydrogen) atoms. The number of hydrogen-bond donors (Lipinski definition) is 6. The second-order valence-corrected chi connectivity index (χ2v) is 18.6. The molecule has 1 fully saturated rings. The number of hydrogen-bond acceptors (Lipinski definition) is 8. The molecule has 9 heteroatoms. The lowest BCUT2D eigenvalue weighted by atomic mass is 9.99. The third kappa shape index (κ3) is 40.9. The Morgan fingerprint density at radius 2 is 0.811 bits per heavy atom. The van der Waals surface area contributed by atoms with Gasteiger partial charge < -0.3 is 40.3 Å². The normalized spacial score (nSPS) is 20.3. The summed E-state index contributed by atoms with van der Waals surface area (Å²) in [5.74, 6) is -0.214. The summed E-state index contributed by atoms with van der Waals surface area (Å²) in [5.41, 5.74) is 0. The van der Waals surface area contributed by atoms with Crippen molar-refractivity contribution in [3.8, 4) is 0 Å². The molecule has 414 valence electrons. The van der Waals surface area contributed by atoms with Gasteiger partial charge >= 0.3 is 0 Å². The maximum atomic E-state index is 13.0. The van der Waals surface area contributed by atoms with E-state index in [-0.39, 0.29) is 12.5 Å². The van der Waals surface area contributed by atoms with Crippen LogP contribution in [-0.4, -0.2) is 87.5 Å². The molecule has 9 nitrogen and oxygen atoms in total. The lowest BCUT2D eigenvalue weighted by molar-refractivity contribution is -0.302. The summed E-state index contributed by atoms with van der Waals surface area (Å²) in [6.45, 7) is 3.47. The first-order chi connectivity index (χ1) is 36.3. The van der Waals surface area contributed by atoms with Crippen LogP contribution in [0.5, 0.6) is 0 Å². The number of unbranched alkanes of at least 4 members (excludes halogenated alkanes) is 9. The van der Waals surface area contributed by atoms with Crippen LogP contribution >= 0.6 is 0 Å². The molecular weight excluding hydrogens is 923 g/mol. The molecule has 0 aromatic rings. The molecule has 0 bridgehead atoms. The van der Waals surface area contributed by atoms with Crippen LogP contribution < -0.4 is 5.32 Å². The van der Waals surface area contributed by atoms with E-state index in [2.05, 4.69) is 177 Å². The van der Waals surface area contributed by atoms with Crippen molar-refractivity contribution in [1.29, 1.82) is 0 Å². The number of aliphatic hydroxyl groups excluding tert-OH is 5. The van der Waals surface area contributed by atoms with Gasteiger partial charge in [-0.15, -0.1) is 0 Å². The molecule has 6 N–H and O–H groups in total. The minimum Gasteiger partial charge on any atom is -0.394 e.